The molecule has 6 nitrogen and oxygen atoms in total. The molecule has 172 valence electrons. The Kier molecular flexibility index (Phi) is 9.30. The van der Waals surface area contributed by atoms with Crippen LogP contribution >= 0.6 is 11.6 Å². The van der Waals surface area contributed by atoms with E-state index in [0.29, 0.717) is 17.2 Å². The number of hydrogen-bond donors (Lipinski definition) is 2. The molecule has 3 aromatic rings. The van der Waals surface area contributed by atoms with Crippen molar-refractivity contribution in [3.8, 4) is 5.75 Å². The minimum Gasteiger partial charge on any atom is -0.484 e. The first kappa shape index (κ1) is 24.3. The molecule has 7 heteroatoms. The summed E-state index contributed by atoms with van der Waals surface area (Å²) < 4.78 is 5.68. The number of carbonyl (C=O) groups is 2. The van der Waals surface area contributed by atoms with E-state index >= 15 is 0 Å². The van der Waals surface area contributed by atoms with Crippen molar-refractivity contribution < 1.29 is 19.4 Å². The van der Waals surface area contributed by atoms with Crippen LogP contribution in [0.4, 0.5) is 0 Å². The maximum Gasteiger partial charge on any atom is 0.261 e. The van der Waals surface area contributed by atoms with E-state index < -0.39 is 6.04 Å². The molecule has 2 N–H and O–H groups in total. The molecule has 0 unspecified atom stereocenters. The number of hydrogen-bond acceptors (Lipinski definition) is 4. The number of aliphatic hydroxyl groups is 1. The highest BCUT2D eigenvalue weighted by Crippen LogP contribution is 2.17. The first-order valence-corrected chi connectivity index (χ1v) is 11.1. The standard InChI is InChI=1S/C26H27ClN2O4/c27-22-13-11-21(12-14-22)18-29(25(31)19-33-23-9-5-2-6-10-23)24(26(32)28-15-16-30)17-20-7-3-1-4-8-20/h1-14,24,30H,15-19H2,(H,28,32)/t24-/m0/s1. The van der Waals surface area contributed by atoms with Crippen LogP contribution in [0.15, 0.2) is 84.9 Å². The number of nitrogens with one attached hydrogen (secondary N) is 1. The van der Waals surface area contributed by atoms with Gasteiger partial charge in [0.05, 0.1) is 6.61 Å². The van der Waals surface area contributed by atoms with Crippen molar-refractivity contribution in [1.29, 1.82) is 0 Å². The Morgan fingerprint density at radius 3 is 2.18 bits per heavy atom. The summed E-state index contributed by atoms with van der Waals surface area (Å²) in [5.74, 6) is -0.0922. The predicted molar refractivity (Wildman–Crippen MR) is 128 cm³/mol. The summed E-state index contributed by atoms with van der Waals surface area (Å²) in [5.41, 5.74) is 1.75. The van der Waals surface area contributed by atoms with E-state index in [1.165, 1.54) is 4.90 Å². The number of benzene rings is 3. The third kappa shape index (κ3) is 7.63. The molecule has 0 saturated heterocycles. The molecule has 0 aliphatic heterocycles. The lowest BCUT2D eigenvalue weighted by molar-refractivity contribution is -0.142. The van der Waals surface area contributed by atoms with Crippen LogP contribution in [-0.4, -0.2) is 47.6 Å². The van der Waals surface area contributed by atoms with Crippen molar-refractivity contribution in [2.24, 2.45) is 0 Å². The van der Waals surface area contributed by atoms with Crippen molar-refractivity contribution >= 4 is 23.4 Å². The van der Waals surface area contributed by atoms with Crippen LogP contribution in [-0.2, 0) is 22.6 Å². The number of ether oxygens (including phenoxy) is 1. The molecule has 33 heavy (non-hydrogen) atoms. The number of aliphatic hydroxyl groups excluding tert-OH is 1. The summed E-state index contributed by atoms with van der Waals surface area (Å²) in [7, 11) is 0. The molecule has 0 aromatic heterocycles. The molecule has 0 spiro atoms. The lowest BCUT2D eigenvalue weighted by Crippen LogP contribution is -2.52. The molecule has 0 aliphatic carbocycles. The Morgan fingerprint density at radius 2 is 1.55 bits per heavy atom. The van der Waals surface area contributed by atoms with Gasteiger partial charge in [-0.15, -0.1) is 0 Å². The number of carbonyl (C=O) groups excluding carboxylic acids is 2. The Hall–Kier alpha value is -3.35. The van der Waals surface area contributed by atoms with Crippen molar-refractivity contribution in [2.45, 2.75) is 19.0 Å². The van der Waals surface area contributed by atoms with Gasteiger partial charge < -0.3 is 20.1 Å². The monoisotopic (exact) mass is 466 g/mol. The molecule has 0 bridgehead atoms. The largest absolute Gasteiger partial charge is 0.484 e. The Morgan fingerprint density at radius 1 is 0.909 bits per heavy atom. The molecule has 3 rings (SSSR count). The van der Waals surface area contributed by atoms with Crippen LogP contribution in [0.2, 0.25) is 5.02 Å². The summed E-state index contributed by atoms with van der Waals surface area (Å²) in [6.45, 7) is -0.0893. The van der Waals surface area contributed by atoms with Crippen molar-refractivity contribution in [2.75, 3.05) is 19.8 Å². The predicted octanol–water partition coefficient (Wildman–Crippen LogP) is 3.47. The van der Waals surface area contributed by atoms with Crippen LogP contribution in [0.1, 0.15) is 11.1 Å². The molecule has 2 amide bonds. The van der Waals surface area contributed by atoms with Gasteiger partial charge in [0.25, 0.3) is 5.91 Å². The zero-order chi connectivity index (χ0) is 23.5. The first-order chi connectivity index (χ1) is 16.1. The van der Waals surface area contributed by atoms with E-state index in [9.17, 15) is 14.7 Å². The minimum absolute atomic E-state index is 0.105. The van der Waals surface area contributed by atoms with Crippen molar-refractivity contribution in [1.82, 2.24) is 10.2 Å². The Balaban J connectivity index is 1.87. The van der Waals surface area contributed by atoms with Crippen LogP contribution in [0.3, 0.4) is 0 Å². The van der Waals surface area contributed by atoms with Gasteiger partial charge in [0.15, 0.2) is 6.61 Å². The minimum atomic E-state index is -0.790. The lowest BCUT2D eigenvalue weighted by Gasteiger charge is -2.31. The van der Waals surface area contributed by atoms with E-state index in [1.54, 1.807) is 24.3 Å². The zero-order valence-corrected chi connectivity index (χ0v) is 18.9. The number of amides is 2. The molecule has 0 heterocycles. The van der Waals surface area contributed by atoms with E-state index in [4.69, 9.17) is 16.3 Å². The Bertz CT molecular complexity index is 1010. The molecule has 3 aromatic carbocycles. The van der Waals surface area contributed by atoms with Gasteiger partial charge in [-0.2, -0.15) is 0 Å². The van der Waals surface area contributed by atoms with Gasteiger partial charge in [-0.25, -0.2) is 0 Å². The average Bonchev–Trinajstić information content (AvgIpc) is 2.85. The normalized spacial score (nSPS) is 11.5. The highest BCUT2D eigenvalue weighted by molar-refractivity contribution is 6.30. The fraction of sp³-hybridized carbons (Fsp3) is 0.231. The quantitative estimate of drug-likeness (QED) is 0.453. The first-order valence-electron chi connectivity index (χ1n) is 10.7. The van der Waals surface area contributed by atoms with E-state index in [2.05, 4.69) is 5.32 Å². The van der Waals surface area contributed by atoms with Crippen molar-refractivity contribution in [3.05, 3.63) is 101 Å². The number of para-hydroxylation sites is 1. The van der Waals surface area contributed by atoms with E-state index in [0.717, 1.165) is 11.1 Å². The highest BCUT2D eigenvalue weighted by atomic mass is 35.5. The molecular weight excluding hydrogens is 440 g/mol. The fourth-order valence-corrected chi connectivity index (χ4v) is 3.51. The van der Waals surface area contributed by atoms with Crippen molar-refractivity contribution in [3.63, 3.8) is 0 Å². The second-order valence-electron chi connectivity index (χ2n) is 7.47. The average molecular weight is 467 g/mol. The van der Waals surface area contributed by atoms with E-state index in [1.807, 2.05) is 60.7 Å². The smallest absolute Gasteiger partial charge is 0.261 e. The second kappa shape index (κ2) is 12.6. The van der Waals surface area contributed by atoms with Gasteiger partial charge in [0.2, 0.25) is 5.91 Å². The maximum atomic E-state index is 13.3. The zero-order valence-electron chi connectivity index (χ0n) is 18.2. The third-order valence-electron chi connectivity index (χ3n) is 5.05. The fourth-order valence-electron chi connectivity index (χ4n) is 3.38. The molecule has 1 atom stereocenters. The van der Waals surface area contributed by atoms with Crippen LogP contribution in [0, 0.1) is 0 Å². The van der Waals surface area contributed by atoms with Gasteiger partial charge >= 0.3 is 0 Å². The summed E-state index contributed by atoms with van der Waals surface area (Å²) in [6, 6.07) is 24.9. The lowest BCUT2D eigenvalue weighted by atomic mass is 10.0. The van der Waals surface area contributed by atoms with Gasteiger partial charge in [0, 0.05) is 24.5 Å². The molecule has 0 aliphatic rings. The highest BCUT2D eigenvalue weighted by Gasteiger charge is 2.30. The summed E-state index contributed by atoms with van der Waals surface area (Å²) in [4.78, 5) is 28.0. The van der Waals surface area contributed by atoms with Gasteiger partial charge in [-0.1, -0.05) is 72.3 Å². The Labute approximate surface area is 198 Å². The topological polar surface area (TPSA) is 78.9 Å². The number of halogens is 1. The second-order valence-corrected chi connectivity index (χ2v) is 7.91. The molecule has 0 fully saturated rings. The van der Waals surface area contributed by atoms with Gasteiger partial charge in [0.1, 0.15) is 11.8 Å². The van der Waals surface area contributed by atoms with Gasteiger partial charge in [-0.05, 0) is 35.4 Å². The number of rotatable bonds is 11. The summed E-state index contributed by atoms with van der Waals surface area (Å²) >= 11 is 6.02. The molecular formula is C26H27ClN2O4. The summed E-state index contributed by atoms with van der Waals surface area (Å²) in [6.07, 6.45) is 0.322. The van der Waals surface area contributed by atoms with Crippen LogP contribution < -0.4 is 10.1 Å². The van der Waals surface area contributed by atoms with Gasteiger partial charge in [-0.3, -0.25) is 9.59 Å². The number of nitrogens with zero attached hydrogens (tertiary/aromatic N) is 1. The van der Waals surface area contributed by atoms with Crippen LogP contribution in [0.25, 0.3) is 0 Å². The van der Waals surface area contributed by atoms with Crippen LogP contribution in [0.5, 0.6) is 5.75 Å². The molecule has 0 radical (unpaired) electrons. The third-order valence-corrected chi connectivity index (χ3v) is 5.31. The van der Waals surface area contributed by atoms with E-state index in [-0.39, 0.29) is 38.1 Å². The molecule has 0 saturated carbocycles. The summed E-state index contributed by atoms with van der Waals surface area (Å²) in [5, 5.41) is 12.5. The SMILES string of the molecule is O=C(NCCO)[C@H](Cc1ccccc1)N(Cc1ccc(Cl)cc1)C(=O)COc1ccccc1. The maximum absolute atomic E-state index is 13.3.